The van der Waals surface area contributed by atoms with Gasteiger partial charge in [-0.2, -0.15) is 0 Å². The maximum atomic E-state index is 12.5. The Bertz CT molecular complexity index is 817. The van der Waals surface area contributed by atoms with Gasteiger partial charge in [-0.1, -0.05) is 38.1 Å². The van der Waals surface area contributed by atoms with E-state index < -0.39 is 15.7 Å². The number of hydrogen-bond acceptors (Lipinski definition) is 4. The molecule has 0 saturated heterocycles. The Hall–Kier alpha value is -2.18. The lowest BCUT2D eigenvalue weighted by molar-refractivity contribution is 0.102. The molecule has 0 aliphatic heterocycles. The number of benzene rings is 2. The molecule has 6 heteroatoms. The Morgan fingerprint density at radius 1 is 1.04 bits per heavy atom. The molecule has 2 aromatic rings. The fraction of sp³-hybridized carbons (Fsp3) is 0.278. The van der Waals surface area contributed by atoms with Gasteiger partial charge < -0.3 is 10.6 Å². The Morgan fingerprint density at radius 2 is 1.79 bits per heavy atom. The molecular formula is C18H22N2O3S. The zero-order chi connectivity index (χ0) is 17.6. The van der Waals surface area contributed by atoms with Crippen LogP contribution in [0, 0.1) is 0 Å². The fourth-order valence-corrected chi connectivity index (χ4v) is 3.40. The Balaban J connectivity index is 2.25. The van der Waals surface area contributed by atoms with E-state index in [4.69, 9.17) is 0 Å². The van der Waals surface area contributed by atoms with Gasteiger partial charge in [0.25, 0.3) is 5.91 Å². The van der Waals surface area contributed by atoms with E-state index in [1.807, 2.05) is 25.1 Å². The summed E-state index contributed by atoms with van der Waals surface area (Å²) in [7, 11) is -3.46. The maximum absolute atomic E-state index is 12.5. The minimum absolute atomic E-state index is 0.0462. The number of carbonyl (C=O) groups excluding carboxylic acids is 1. The van der Waals surface area contributed by atoms with E-state index >= 15 is 0 Å². The lowest BCUT2D eigenvalue weighted by Crippen LogP contribution is -2.17. The summed E-state index contributed by atoms with van der Waals surface area (Å²) in [5.74, 6) is -0.474. The van der Waals surface area contributed by atoms with Gasteiger partial charge in [-0.05, 0) is 36.4 Å². The topological polar surface area (TPSA) is 75.3 Å². The molecule has 2 aromatic carbocycles. The number of sulfone groups is 1. The molecular weight excluding hydrogens is 324 g/mol. The summed E-state index contributed by atoms with van der Waals surface area (Å²) in [5, 5.41) is 6.00. The van der Waals surface area contributed by atoms with Gasteiger partial charge in [0.15, 0.2) is 9.84 Å². The zero-order valence-corrected chi connectivity index (χ0v) is 14.7. The van der Waals surface area contributed by atoms with Gasteiger partial charge in [-0.3, -0.25) is 4.79 Å². The van der Waals surface area contributed by atoms with E-state index in [1.54, 1.807) is 25.1 Å². The molecule has 0 aromatic heterocycles. The molecule has 0 heterocycles. The highest BCUT2D eigenvalue weighted by Crippen LogP contribution is 2.19. The van der Waals surface area contributed by atoms with Crippen molar-refractivity contribution in [2.45, 2.75) is 25.3 Å². The maximum Gasteiger partial charge on any atom is 0.256 e. The van der Waals surface area contributed by atoms with Gasteiger partial charge in [0.2, 0.25) is 0 Å². The molecule has 0 aliphatic rings. The summed E-state index contributed by atoms with van der Waals surface area (Å²) < 4.78 is 24.3. The Kier molecular flexibility index (Phi) is 6.11. The summed E-state index contributed by atoms with van der Waals surface area (Å²) >= 11 is 0. The molecule has 0 bridgehead atoms. The van der Waals surface area contributed by atoms with E-state index in [9.17, 15) is 13.2 Å². The summed E-state index contributed by atoms with van der Waals surface area (Å²) in [6.07, 6.45) is 0. The van der Waals surface area contributed by atoms with Gasteiger partial charge in [0.05, 0.1) is 16.2 Å². The van der Waals surface area contributed by atoms with Crippen LogP contribution in [-0.4, -0.2) is 26.6 Å². The summed E-state index contributed by atoms with van der Waals surface area (Å²) in [5.41, 5.74) is 1.85. The highest BCUT2D eigenvalue weighted by molar-refractivity contribution is 7.91. The minimum atomic E-state index is -3.46. The molecule has 0 atom stereocenters. The fourth-order valence-electron chi connectivity index (χ4n) is 2.31. The van der Waals surface area contributed by atoms with Crippen LogP contribution in [0.25, 0.3) is 0 Å². The average Bonchev–Trinajstić information content (AvgIpc) is 2.60. The Morgan fingerprint density at radius 3 is 2.50 bits per heavy atom. The molecule has 1 amide bonds. The van der Waals surface area contributed by atoms with E-state index in [0.29, 0.717) is 12.2 Å². The summed E-state index contributed by atoms with van der Waals surface area (Å²) in [6, 6.07) is 13.8. The quantitative estimate of drug-likeness (QED) is 0.808. The third-order valence-electron chi connectivity index (χ3n) is 3.61. The van der Waals surface area contributed by atoms with Crippen molar-refractivity contribution in [3.05, 3.63) is 59.7 Å². The first-order chi connectivity index (χ1) is 11.5. The van der Waals surface area contributed by atoms with Crippen LogP contribution in [0.15, 0.2) is 53.4 Å². The van der Waals surface area contributed by atoms with Crippen molar-refractivity contribution in [2.24, 2.45) is 0 Å². The van der Waals surface area contributed by atoms with Gasteiger partial charge in [0.1, 0.15) is 0 Å². The number of nitrogens with one attached hydrogen (secondary N) is 2. The first kappa shape index (κ1) is 18.2. The molecule has 0 spiro atoms. The molecule has 2 rings (SSSR count). The van der Waals surface area contributed by atoms with Crippen molar-refractivity contribution in [3.63, 3.8) is 0 Å². The van der Waals surface area contributed by atoms with Crippen LogP contribution in [0.1, 0.15) is 29.8 Å². The van der Waals surface area contributed by atoms with Gasteiger partial charge >= 0.3 is 0 Å². The van der Waals surface area contributed by atoms with Crippen LogP contribution in [0.4, 0.5) is 5.69 Å². The monoisotopic (exact) mass is 346 g/mol. The normalized spacial score (nSPS) is 11.2. The molecule has 128 valence electrons. The van der Waals surface area contributed by atoms with Crippen molar-refractivity contribution in [3.8, 4) is 0 Å². The molecule has 0 unspecified atom stereocenters. The molecule has 0 fully saturated rings. The molecule has 2 N–H and O–H groups in total. The number of amides is 1. The van der Waals surface area contributed by atoms with Crippen LogP contribution in [0.2, 0.25) is 0 Å². The highest BCUT2D eigenvalue weighted by atomic mass is 32.2. The first-order valence-electron chi connectivity index (χ1n) is 7.90. The van der Waals surface area contributed by atoms with Gasteiger partial charge in [0, 0.05) is 12.2 Å². The standard InChI is InChI=1S/C18H22N2O3S/c1-3-19-13-14-8-7-9-15(12-14)20-18(21)16-10-5-6-11-17(16)24(22,23)4-2/h5-12,19H,3-4,13H2,1-2H3,(H,20,21). The van der Waals surface area contributed by atoms with Crippen molar-refractivity contribution < 1.29 is 13.2 Å². The van der Waals surface area contributed by atoms with Gasteiger partial charge in [-0.25, -0.2) is 8.42 Å². The van der Waals surface area contributed by atoms with Crippen LogP contribution in [0.3, 0.4) is 0 Å². The third-order valence-corrected chi connectivity index (χ3v) is 5.40. The van der Waals surface area contributed by atoms with Crippen molar-refractivity contribution in [1.29, 1.82) is 0 Å². The molecule has 0 radical (unpaired) electrons. The number of rotatable bonds is 7. The summed E-state index contributed by atoms with van der Waals surface area (Å²) in [4.78, 5) is 12.6. The minimum Gasteiger partial charge on any atom is -0.322 e. The average molecular weight is 346 g/mol. The molecule has 5 nitrogen and oxygen atoms in total. The lowest BCUT2D eigenvalue weighted by atomic mass is 10.1. The SMILES string of the molecule is CCNCc1cccc(NC(=O)c2ccccc2S(=O)(=O)CC)c1. The predicted octanol–water partition coefficient (Wildman–Crippen LogP) is 2.84. The van der Waals surface area contributed by atoms with Gasteiger partial charge in [-0.15, -0.1) is 0 Å². The third kappa shape index (κ3) is 4.43. The van der Waals surface area contributed by atoms with E-state index in [-0.39, 0.29) is 16.2 Å². The largest absolute Gasteiger partial charge is 0.322 e. The second-order valence-corrected chi connectivity index (χ2v) is 7.58. The zero-order valence-electron chi connectivity index (χ0n) is 13.9. The van der Waals surface area contributed by atoms with Crippen LogP contribution < -0.4 is 10.6 Å². The molecule has 24 heavy (non-hydrogen) atoms. The Labute approximate surface area is 143 Å². The highest BCUT2D eigenvalue weighted by Gasteiger charge is 2.20. The smallest absolute Gasteiger partial charge is 0.256 e. The van der Waals surface area contributed by atoms with Crippen molar-refractivity contribution >= 4 is 21.4 Å². The second-order valence-electron chi connectivity index (χ2n) is 5.33. The first-order valence-corrected chi connectivity index (χ1v) is 9.56. The lowest BCUT2D eigenvalue weighted by Gasteiger charge is -2.11. The van der Waals surface area contributed by atoms with Crippen LogP contribution >= 0.6 is 0 Å². The van der Waals surface area contributed by atoms with E-state index in [0.717, 1.165) is 12.1 Å². The molecule has 0 saturated carbocycles. The van der Waals surface area contributed by atoms with E-state index in [1.165, 1.54) is 12.1 Å². The van der Waals surface area contributed by atoms with Crippen molar-refractivity contribution in [1.82, 2.24) is 5.32 Å². The van der Waals surface area contributed by atoms with Crippen molar-refractivity contribution in [2.75, 3.05) is 17.6 Å². The molecule has 0 aliphatic carbocycles. The van der Waals surface area contributed by atoms with Crippen LogP contribution in [0.5, 0.6) is 0 Å². The summed E-state index contributed by atoms with van der Waals surface area (Å²) in [6.45, 7) is 5.16. The van der Waals surface area contributed by atoms with Crippen LogP contribution in [-0.2, 0) is 16.4 Å². The predicted molar refractivity (Wildman–Crippen MR) is 95.9 cm³/mol. The number of carbonyl (C=O) groups is 1. The number of anilines is 1. The second kappa shape index (κ2) is 8.08. The number of hydrogen-bond donors (Lipinski definition) is 2. The van der Waals surface area contributed by atoms with E-state index in [2.05, 4.69) is 10.6 Å².